The van der Waals surface area contributed by atoms with Crippen molar-refractivity contribution in [1.82, 2.24) is 10.2 Å². The van der Waals surface area contributed by atoms with E-state index in [9.17, 15) is 9.59 Å². The van der Waals surface area contributed by atoms with E-state index in [0.717, 1.165) is 32.4 Å². The third kappa shape index (κ3) is 8.19. The van der Waals surface area contributed by atoms with Crippen molar-refractivity contribution in [2.45, 2.75) is 58.6 Å². The van der Waals surface area contributed by atoms with Crippen molar-refractivity contribution in [1.29, 1.82) is 0 Å². The molecule has 0 aliphatic carbocycles. The number of carbonyl (C=O) groups excluding carboxylic acids is 2. The van der Waals surface area contributed by atoms with Crippen LogP contribution in [0, 0.1) is 5.92 Å². The summed E-state index contributed by atoms with van der Waals surface area (Å²) >= 11 is 0. The molecule has 166 valence electrons. The molecule has 0 bridgehead atoms. The molecule has 1 aliphatic rings. The second-order valence-corrected chi connectivity index (χ2v) is 8.90. The topological polar surface area (TPSA) is 67.9 Å². The minimum Gasteiger partial charge on any atom is -0.468 e. The van der Waals surface area contributed by atoms with Gasteiger partial charge in [-0.25, -0.2) is 4.79 Å². The maximum Gasteiger partial charge on any atom is 0.407 e. The maximum absolute atomic E-state index is 12.1. The van der Waals surface area contributed by atoms with E-state index < -0.39 is 11.7 Å². The molecule has 30 heavy (non-hydrogen) atoms. The molecule has 1 aliphatic heterocycles. The summed E-state index contributed by atoms with van der Waals surface area (Å²) in [5, 5.41) is 2.84. The summed E-state index contributed by atoms with van der Waals surface area (Å²) in [7, 11) is 1.43. The van der Waals surface area contributed by atoms with Gasteiger partial charge in [0, 0.05) is 19.6 Å². The third-order valence-corrected chi connectivity index (χ3v) is 5.21. The summed E-state index contributed by atoms with van der Waals surface area (Å²) in [6, 6.07) is 10.1. The van der Waals surface area contributed by atoms with Crippen molar-refractivity contribution in [2.75, 3.05) is 26.7 Å². The van der Waals surface area contributed by atoms with Crippen LogP contribution in [0.15, 0.2) is 42.0 Å². The number of hydrogen-bond acceptors (Lipinski definition) is 5. The Morgan fingerprint density at radius 3 is 2.57 bits per heavy atom. The Kier molecular flexibility index (Phi) is 8.90. The number of ether oxygens (including phenoxy) is 2. The number of benzene rings is 1. The number of alkyl carbamates (subject to hydrolysis) is 1. The molecule has 0 radical (unpaired) electrons. The van der Waals surface area contributed by atoms with Crippen molar-refractivity contribution in [3.8, 4) is 0 Å². The first kappa shape index (κ1) is 23.9. The van der Waals surface area contributed by atoms with Gasteiger partial charge in [0.15, 0.2) is 0 Å². The lowest BCUT2D eigenvalue weighted by Gasteiger charge is -2.28. The number of nitrogens with one attached hydrogen (secondary N) is 1. The molecule has 0 aromatic heterocycles. The van der Waals surface area contributed by atoms with E-state index in [1.165, 1.54) is 18.2 Å². The average molecular weight is 417 g/mol. The molecule has 2 rings (SSSR count). The van der Waals surface area contributed by atoms with Gasteiger partial charge in [0.1, 0.15) is 11.6 Å². The fourth-order valence-corrected chi connectivity index (χ4v) is 3.71. The van der Waals surface area contributed by atoms with Crippen molar-refractivity contribution < 1.29 is 19.1 Å². The van der Waals surface area contributed by atoms with Crippen LogP contribution < -0.4 is 5.32 Å². The Morgan fingerprint density at radius 1 is 1.23 bits per heavy atom. The molecule has 0 saturated carbocycles. The number of amides is 1. The monoisotopic (exact) mass is 416 g/mol. The van der Waals surface area contributed by atoms with Crippen LogP contribution in [0.3, 0.4) is 0 Å². The van der Waals surface area contributed by atoms with Crippen LogP contribution in [0.2, 0.25) is 0 Å². The zero-order valence-corrected chi connectivity index (χ0v) is 18.9. The molecule has 2 unspecified atom stereocenters. The molecular weight excluding hydrogens is 380 g/mol. The summed E-state index contributed by atoms with van der Waals surface area (Å²) < 4.78 is 10.3. The van der Waals surface area contributed by atoms with Gasteiger partial charge in [-0.15, -0.1) is 0 Å². The van der Waals surface area contributed by atoms with E-state index in [-0.39, 0.29) is 12.0 Å². The van der Waals surface area contributed by atoms with E-state index in [4.69, 9.17) is 9.47 Å². The molecule has 1 amide bonds. The standard InChI is InChI=1S/C24H36N2O4/c1-18(22(27)29-5)26-14-12-20(11-13-25-23(28)30-24(2,3)4)16-21(17-26)15-19-9-7-6-8-10-19/h6-10,16,18,21H,11-15,17H2,1-5H3,(H,25,28). The first-order valence-electron chi connectivity index (χ1n) is 10.7. The largest absolute Gasteiger partial charge is 0.468 e. The van der Waals surface area contributed by atoms with Crippen LogP contribution in [0.1, 0.15) is 46.1 Å². The van der Waals surface area contributed by atoms with Crippen molar-refractivity contribution in [3.63, 3.8) is 0 Å². The van der Waals surface area contributed by atoms with Gasteiger partial charge in [0.05, 0.1) is 7.11 Å². The van der Waals surface area contributed by atoms with Gasteiger partial charge in [-0.3, -0.25) is 9.69 Å². The van der Waals surface area contributed by atoms with E-state index in [0.29, 0.717) is 12.5 Å². The molecule has 0 spiro atoms. The molecule has 1 heterocycles. The number of methoxy groups -OCH3 is 1. The zero-order valence-electron chi connectivity index (χ0n) is 18.9. The molecule has 1 aromatic carbocycles. The first-order chi connectivity index (χ1) is 14.2. The van der Waals surface area contributed by atoms with Gasteiger partial charge in [0.25, 0.3) is 0 Å². The van der Waals surface area contributed by atoms with Crippen molar-refractivity contribution in [2.24, 2.45) is 5.92 Å². The number of nitrogens with zero attached hydrogens (tertiary/aromatic N) is 1. The molecule has 1 N–H and O–H groups in total. The lowest BCUT2D eigenvalue weighted by molar-refractivity contribution is -0.146. The van der Waals surface area contributed by atoms with Gasteiger partial charge in [0.2, 0.25) is 0 Å². The van der Waals surface area contributed by atoms with E-state index in [1.54, 1.807) is 0 Å². The second-order valence-electron chi connectivity index (χ2n) is 8.90. The van der Waals surface area contributed by atoms with Crippen LogP contribution in [0.4, 0.5) is 4.79 Å². The molecular formula is C24H36N2O4. The Labute approximate surface area is 180 Å². The number of esters is 1. The van der Waals surface area contributed by atoms with Gasteiger partial charge >= 0.3 is 12.1 Å². The lowest BCUT2D eigenvalue weighted by Crippen LogP contribution is -2.42. The predicted octanol–water partition coefficient (Wildman–Crippen LogP) is 3.95. The summed E-state index contributed by atoms with van der Waals surface area (Å²) in [4.78, 5) is 26.2. The number of carbonyl (C=O) groups is 2. The SMILES string of the molecule is COC(=O)C(C)N1CCC(CCNC(=O)OC(C)(C)C)=CC(Cc2ccccc2)C1. The highest BCUT2D eigenvalue weighted by molar-refractivity contribution is 5.75. The molecule has 6 heteroatoms. The Hall–Kier alpha value is -2.34. The molecule has 6 nitrogen and oxygen atoms in total. The highest BCUT2D eigenvalue weighted by Crippen LogP contribution is 2.23. The fraction of sp³-hybridized carbons (Fsp3) is 0.583. The van der Waals surface area contributed by atoms with Crippen LogP contribution in [-0.4, -0.2) is 55.3 Å². The van der Waals surface area contributed by atoms with E-state index in [2.05, 4.69) is 40.6 Å². The highest BCUT2D eigenvalue weighted by Gasteiger charge is 2.26. The van der Waals surface area contributed by atoms with Gasteiger partial charge in [-0.1, -0.05) is 42.0 Å². The van der Waals surface area contributed by atoms with E-state index >= 15 is 0 Å². The van der Waals surface area contributed by atoms with Crippen LogP contribution in [0.25, 0.3) is 0 Å². The van der Waals surface area contributed by atoms with Gasteiger partial charge < -0.3 is 14.8 Å². The minimum atomic E-state index is -0.503. The summed E-state index contributed by atoms with van der Waals surface area (Å²) in [5.41, 5.74) is 2.07. The number of hydrogen-bond donors (Lipinski definition) is 1. The van der Waals surface area contributed by atoms with Gasteiger partial charge in [-0.05, 0) is 58.4 Å². The quantitative estimate of drug-likeness (QED) is 0.538. The summed E-state index contributed by atoms with van der Waals surface area (Å²) in [6.45, 7) is 9.59. The van der Waals surface area contributed by atoms with Crippen molar-refractivity contribution >= 4 is 12.1 Å². The number of rotatable bonds is 7. The van der Waals surface area contributed by atoms with E-state index in [1.807, 2.05) is 33.8 Å². The zero-order chi connectivity index (χ0) is 22.1. The Bertz CT molecular complexity index is 724. The second kappa shape index (κ2) is 11.2. The molecule has 0 fully saturated rings. The molecule has 2 atom stereocenters. The predicted molar refractivity (Wildman–Crippen MR) is 118 cm³/mol. The fourth-order valence-electron chi connectivity index (χ4n) is 3.71. The molecule has 0 saturated heterocycles. The summed E-state index contributed by atoms with van der Waals surface area (Å²) in [6.07, 6.45) is 4.48. The Morgan fingerprint density at radius 2 is 1.93 bits per heavy atom. The highest BCUT2D eigenvalue weighted by atomic mass is 16.6. The smallest absolute Gasteiger partial charge is 0.407 e. The maximum atomic E-state index is 12.1. The summed E-state index contributed by atoms with van der Waals surface area (Å²) in [5.74, 6) is 0.0852. The van der Waals surface area contributed by atoms with Crippen LogP contribution >= 0.6 is 0 Å². The van der Waals surface area contributed by atoms with Crippen molar-refractivity contribution in [3.05, 3.63) is 47.5 Å². The Balaban J connectivity index is 2.03. The minimum absolute atomic E-state index is 0.205. The average Bonchev–Trinajstić information content (AvgIpc) is 2.88. The molecule has 1 aromatic rings. The lowest BCUT2D eigenvalue weighted by atomic mass is 9.95. The van der Waals surface area contributed by atoms with Crippen LogP contribution in [-0.2, 0) is 20.7 Å². The van der Waals surface area contributed by atoms with Crippen LogP contribution in [0.5, 0.6) is 0 Å². The third-order valence-electron chi connectivity index (χ3n) is 5.21. The first-order valence-corrected chi connectivity index (χ1v) is 10.7. The van der Waals surface area contributed by atoms with Gasteiger partial charge in [-0.2, -0.15) is 0 Å². The normalized spacial score (nSPS) is 18.7.